The fourth-order valence-electron chi connectivity index (χ4n) is 1.43. The number of hydrogen-bond donors (Lipinski definition) is 0. The minimum Gasteiger partial charge on any atom is -0.490 e. The molecule has 1 aromatic rings. The van der Waals surface area contributed by atoms with Crippen molar-refractivity contribution in [3.05, 3.63) is 23.5 Å². The lowest BCUT2D eigenvalue weighted by atomic mass is 10.0. The first-order chi connectivity index (χ1) is 7.20. The van der Waals surface area contributed by atoms with Crippen LogP contribution in [0, 0.1) is 0 Å². The molecule has 1 heterocycles. The summed E-state index contributed by atoms with van der Waals surface area (Å²) in [4.78, 5) is 14.7. The summed E-state index contributed by atoms with van der Waals surface area (Å²) in [6.07, 6.45) is 5.09. The van der Waals surface area contributed by atoms with Crippen molar-refractivity contribution in [2.75, 3.05) is 0 Å². The number of rotatable bonds is 4. The van der Waals surface area contributed by atoms with Gasteiger partial charge in [-0.15, -0.1) is 0 Å². The fourth-order valence-corrected chi connectivity index (χ4v) is 1.43. The summed E-state index contributed by atoms with van der Waals surface area (Å²) in [6.45, 7) is 4.19. The van der Waals surface area contributed by atoms with Crippen LogP contribution in [0.4, 0.5) is 0 Å². The van der Waals surface area contributed by atoms with Crippen LogP contribution in [0.1, 0.15) is 48.7 Å². The van der Waals surface area contributed by atoms with Gasteiger partial charge >= 0.3 is 0 Å². The van der Waals surface area contributed by atoms with Gasteiger partial charge in [-0.25, -0.2) is 0 Å². The molecule has 0 amide bonds. The summed E-state index contributed by atoms with van der Waals surface area (Å²) < 4.78 is 5.76. The number of carbonyl (C=O) groups is 1. The maximum absolute atomic E-state index is 10.6. The predicted octanol–water partition coefficient (Wildman–Crippen LogP) is 2.56. The lowest BCUT2D eigenvalue weighted by molar-refractivity contribution is 0.111. The van der Waals surface area contributed by atoms with E-state index in [1.165, 1.54) is 0 Å². The Labute approximate surface area is 89.5 Å². The lowest BCUT2D eigenvalue weighted by Gasteiger charge is -2.13. The summed E-state index contributed by atoms with van der Waals surface area (Å²) >= 11 is 0. The first kappa shape index (κ1) is 10.1. The largest absolute Gasteiger partial charge is 0.490 e. The third kappa shape index (κ3) is 2.35. The molecule has 1 aromatic heterocycles. The minimum absolute atomic E-state index is 0.351. The van der Waals surface area contributed by atoms with Gasteiger partial charge in [0.25, 0.3) is 0 Å². The van der Waals surface area contributed by atoms with Crippen LogP contribution in [0.5, 0.6) is 5.75 Å². The second kappa shape index (κ2) is 4.01. The van der Waals surface area contributed by atoms with E-state index >= 15 is 0 Å². The average molecular weight is 205 g/mol. The monoisotopic (exact) mass is 205 g/mol. The van der Waals surface area contributed by atoms with Gasteiger partial charge in [-0.1, -0.05) is 13.8 Å². The summed E-state index contributed by atoms with van der Waals surface area (Å²) in [5, 5.41) is 0. The summed E-state index contributed by atoms with van der Waals surface area (Å²) in [5.74, 6) is 1.19. The molecule has 80 valence electrons. The molecule has 0 aromatic carbocycles. The van der Waals surface area contributed by atoms with Gasteiger partial charge in [0, 0.05) is 17.8 Å². The fraction of sp³-hybridized carbons (Fsp3) is 0.500. The molecule has 0 spiro atoms. The van der Waals surface area contributed by atoms with E-state index in [0.29, 0.717) is 17.7 Å². The molecule has 0 bridgehead atoms. The Morgan fingerprint density at radius 1 is 1.53 bits per heavy atom. The van der Waals surface area contributed by atoms with Gasteiger partial charge < -0.3 is 4.74 Å². The van der Waals surface area contributed by atoms with Crippen molar-refractivity contribution < 1.29 is 9.53 Å². The zero-order valence-corrected chi connectivity index (χ0v) is 9.06. The van der Waals surface area contributed by atoms with Crippen LogP contribution >= 0.6 is 0 Å². The highest BCUT2D eigenvalue weighted by atomic mass is 16.5. The van der Waals surface area contributed by atoms with Crippen LogP contribution in [-0.2, 0) is 0 Å². The van der Waals surface area contributed by atoms with Gasteiger partial charge in [0.1, 0.15) is 11.4 Å². The number of hydrogen-bond acceptors (Lipinski definition) is 3. The Balaban J connectivity index is 2.30. The number of ether oxygens (including phenoxy) is 1. The number of aromatic nitrogens is 1. The molecule has 0 N–H and O–H groups in total. The number of pyridine rings is 1. The molecular formula is C12H15NO2. The Bertz CT molecular complexity index is 370. The van der Waals surface area contributed by atoms with Gasteiger partial charge in [-0.05, 0) is 18.8 Å². The van der Waals surface area contributed by atoms with Crippen LogP contribution < -0.4 is 4.74 Å². The lowest BCUT2D eigenvalue weighted by Crippen LogP contribution is -2.03. The standard InChI is InChI=1S/C12H15NO2/c1-8(2)11-6-13-9(7-14)5-12(11)15-10-3-4-10/h5-8,10H,3-4H2,1-2H3. The molecule has 1 fully saturated rings. The van der Waals surface area contributed by atoms with Crippen LogP contribution in [0.3, 0.4) is 0 Å². The molecule has 1 aliphatic rings. The molecule has 0 unspecified atom stereocenters. The van der Waals surface area contributed by atoms with E-state index in [1.54, 1.807) is 12.3 Å². The van der Waals surface area contributed by atoms with Gasteiger partial charge in [-0.2, -0.15) is 0 Å². The topological polar surface area (TPSA) is 39.2 Å². The van der Waals surface area contributed by atoms with Crippen molar-refractivity contribution in [1.82, 2.24) is 4.98 Å². The van der Waals surface area contributed by atoms with Crippen LogP contribution in [0.25, 0.3) is 0 Å². The Kier molecular flexibility index (Phi) is 2.71. The zero-order valence-electron chi connectivity index (χ0n) is 9.06. The highest BCUT2D eigenvalue weighted by molar-refractivity contribution is 5.72. The molecule has 0 aliphatic heterocycles. The molecule has 3 nitrogen and oxygen atoms in total. The van der Waals surface area contributed by atoms with E-state index in [0.717, 1.165) is 30.4 Å². The number of nitrogens with zero attached hydrogens (tertiary/aromatic N) is 1. The Hall–Kier alpha value is -1.38. The molecular weight excluding hydrogens is 190 g/mol. The average Bonchev–Trinajstić information content (AvgIpc) is 3.01. The first-order valence-electron chi connectivity index (χ1n) is 5.32. The van der Waals surface area contributed by atoms with Crippen molar-refractivity contribution >= 4 is 6.29 Å². The smallest absolute Gasteiger partial charge is 0.168 e. The Morgan fingerprint density at radius 2 is 2.27 bits per heavy atom. The van der Waals surface area contributed by atoms with Crippen molar-refractivity contribution in [2.45, 2.75) is 38.7 Å². The second-order valence-corrected chi connectivity index (χ2v) is 4.24. The molecule has 1 aliphatic carbocycles. The molecule has 15 heavy (non-hydrogen) atoms. The van der Waals surface area contributed by atoms with Crippen LogP contribution in [0.15, 0.2) is 12.3 Å². The van der Waals surface area contributed by atoms with Gasteiger partial charge in [-0.3, -0.25) is 9.78 Å². The van der Waals surface area contributed by atoms with Crippen molar-refractivity contribution in [2.24, 2.45) is 0 Å². The quantitative estimate of drug-likeness (QED) is 0.709. The predicted molar refractivity (Wildman–Crippen MR) is 57.4 cm³/mol. The number of aldehydes is 1. The van der Waals surface area contributed by atoms with Crippen LogP contribution in [-0.4, -0.2) is 17.4 Å². The highest BCUT2D eigenvalue weighted by Crippen LogP contribution is 2.32. The molecule has 2 rings (SSSR count). The van der Waals surface area contributed by atoms with Crippen molar-refractivity contribution in [3.8, 4) is 5.75 Å². The van der Waals surface area contributed by atoms with Crippen molar-refractivity contribution in [3.63, 3.8) is 0 Å². The normalized spacial score (nSPS) is 15.4. The van der Waals surface area contributed by atoms with E-state index < -0.39 is 0 Å². The van der Waals surface area contributed by atoms with Crippen LogP contribution in [0.2, 0.25) is 0 Å². The number of carbonyl (C=O) groups excluding carboxylic acids is 1. The maximum atomic E-state index is 10.6. The summed E-state index contributed by atoms with van der Waals surface area (Å²) in [7, 11) is 0. The molecule has 0 radical (unpaired) electrons. The van der Waals surface area contributed by atoms with Gasteiger partial charge in [0.2, 0.25) is 0 Å². The van der Waals surface area contributed by atoms with E-state index in [4.69, 9.17) is 4.74 Å². The summed E-state index contributed by atoms with van der Waals surface area (Å²) in [6, 6.07) is 1.74. The molecule has 3 heteroatoms. The molecule has 0 saturated heterocycles. The third-order valence-corrected chi connectivity index (χ3v) is 2.48. The second-order valence-electron chi connectivity index (χ2n) is 4.24. The van der Waals surface area contributed by atoms with Gasteiger partial charge in [0.05, 0.1) is 6.10 Å². The first-order valence-corrected chi connectivity index (χ1v) is 5.32. The van der Waals surface area contributed by atoms with E-state index in [9.17, 15) is 4.79 Å². The Morgan fingerprint density at radius 3 is 2.80 bits per heavy atom. The zero-order chi connectivity index (χ0) is 10.8. The highest BCUT2D eigenvalue weighted by Gasteiger charge is 2.25. The SMILES string of the molecule is CC(C)c1cnc(C=O)cc1OC1CC1. The van der Waals surface area contributed by atoms with Gasteiger partial charge in [0.15, 0.2) is 6.29 Å². The van der Waals surface area contributed by atoms with E-state index in [2.05, 4.69) is 18.8 Å². The molecule has 0 atom stereocenters. The third-order valence-electron chi connectivity index (χ3n) is 2.48. The minimum atomic E-state index is 0.351. The van der Waals surface area contributed by atoms with E-state index in [-0.39, 0.29) is 0 Å². The summed E-state index contributed by atoms with van der Waals surface area (Å²) in [5.41, 5.74) is 1.52. The molecule has 1 saturated carbocycles. The van der Waals surface area contributed by atoms with Crippen molar-refractivity contribution in [1.29, 1.82) is 0 Å². The van der Waals surface area contributed by atoms with E-state index in [1.807, 2.05) is 0 Å². The maximum Gasteiger partial charge on any atom is 0.168 e.